The van der Waals surface area contributed by atoms with Gasteiger partial charge in [-0.05, 0) is 31.6 Å². The van der Waals surface area contributed by atoms with Crippen LogP contribution < -0.4 is 0 Å². The fourth-order valence-corrected chi connectivity index (χ4v) is 13.5. The maximum atomic E-state index is 13.1. The van der Waals surface area contributed by atoms with Gasteiger partial charge in [0, 0.05) is 25.7 Å². The van der Waals surface area contributed by atoms with Gasteiger partial charge in [0.05, 0.1) is 26.4 Å². The van der Waals surface area contributed by atoms with E-state index in [0.29, 0.717) is 25.7 Å². The zero-order valence-corrected chi connectivity index (χ0v) is 64.3. The van der Waals surface area contributed by atoms with Gasteiger partial charge < -0.3 is 33.8 Å². The summed E-state index contributed by atoms with van der Waals surface area (Å²) in [6, 6.07) is 0. The van der Waals surface area contributed by atoms with Crippen LogP contribution in [0.3, 0.4) is 0 Å². The van der Waals surface area contributed by atoms with Gasteiger partial charge in [0.25, 0.3) is 0 Å². The Bertz CT molecular complexity index is 1840. The summed E-state index contributed by atoms with van der Waals surface area (Å²) < 4.78 is 68.6. The third kappa shape index (κ3) is 70.5. The number of phosphoric acid groups is 2. The van der Waals surface area contributed by atoms with Crippen molar-refractivity contribution in [3.05, 3.63) is 0 Å². The molecule has 0 amide bonds. The van der Waals surface area contributed by atoms with Crippen LogP contribution in [0, 0.1) is 5.92 Å². The molecule has 0 heterocycles. The van der Waals surface area contributed by atoms with Gasteiger partial charge in [-0.3, -0.25) is 37.3 Å². The third-order valence-corrected chi connectivity index (χ3v) is 19.9. The van der Waals surface area contributed by atoms with Gasteiger partial charge in [0.15, 0.2) is 12.2 Å². The number of phosphoric ester groups is 2. The molecule has 96 heavy (non-hydrogen) atoms. The first-order valence-corrected chi connectivity index (χ1v) is 43.1. The molecule has 0 aromatic rings. The van der Waals surface area contributed by atoms with Gasteiger partial charge in [-0.1, -0.05) is 356 Å². The molecule has 0 aliphatic heterocycles. The number of esters is 4. The molecule has 0 aromatic heterocycles. The topological polar surface area (TPSA) is 237 Å². The Kier molecular flexibility index (Phi) is 68.7. The van der Waals surface area contributed by atoms with E-state index in [4.69, 9.17) is 37.0 Å². The van der Waals surface area contributed by atoms with Crippen LogP contribution in [-0.4, -0.2) is 96.7 Å². The summed E-state index contributed by atoms with van der Waals surface area (Å²) in [6.07, 6.45) is 59.5. The number of rotatable bonds is 77. The summed E-state index contributed by atoms with van der Waals surface area (Å²) in [4.78, 5) is 72.8. The Morgan fingerprint density at radius 1 is 0.281 bits per heavy atom. The lowest BCUT2D eigenvalue weighted by molar-refractivity contribution is -0.161. The Morgan fingerprint density at radius 2 is 0.479 bits per heavy atom. The van der Waals surface area contributed by atoms with E-state index < -0.39 is 97.5 Å². The average molecular weight is 1410 g/mol. The van der Waals surface area contributed by atoms with Gasteiger partial charge in [-0.15, -0.1) is 0 Å². The maximum Gasteiger partial charge on any atom is 0.472 e. The number of hydrogen-bond donors (Lipinski definition) is 3. The molecule has 0 aliphatic carbocycles. The zero-order valence-electron chi connectivity index (χ0n) is 62.5. The minimum absolute atomic E-state index is 0.108. The highest BCUT2D eigenvalue weighted by Gasteiger charge is 2.30. The average Bonchev–Trinajstić information content (AvgIpc) is 1.12. The van der Waals surface area contributed by atoms with Crippen LogP contribution in [0.25, 0.3) is 0 Å². The highest BCUT2D eigenvalue weighted by atomic mass is 31.2. The van der Waals surface area contributed by atoms with E-state index >= 15 is 0 Å². The standard InChI is InChI=1S/C77H150O17P2/c1-6-9-12-15-18-21-24-26-27-28-29-30-32-38-43-48-53-58-63-77(82)94-73(67-88-75(80)61-56-51-46-41-36-34-33-35-39-44-49-54-59-70(4)5)69-92-96(85,86)90-65-71(78)64-89-95(83,84)91-68-72(66-87-74(79)60-55-50-45-40-23-20-17-14-11-8-3)93-76(81)62-57-52-47-42-37-31-25-22-19-16-13-10-7-2/h70-73,78H,6-69H2,1-5H3,(H,83,84)(H,85,86)/t71-,72+,73+/m0/s1. The number of ether oxygens (including phenoxy) is 4. The molecule has 0 rings (SSSR count). The summed E-state index contributed by atoms with van der Waals surface area (Å²) in [7, 11) is -9.91. The highest BCUT2D eigenvalue weighted by Crippen LogP contribution is 2.45. The molecule has 2 unspecified atom stereocenters. The lowest BCUT2D eigenvalue weighted by Crippen LogP contribution is -2.30. The van der Waals surface area contributed by atoms with E-state index in [1.54, 1.807) is 0 Å². The molecule has 570 valence electrons. The molecule has 0 saturated carbocycles. The molecule has 19 heteroatoms. The first-order valence-electron chi connectivity index (χ1n) is 40.1. The number of hydrogen-bond acceptors (Lipinski definition) is 15. The van der Waals surface area contributed by atoms with E-state index in [0.717, 1.165) is 95.8 Å². The molecule has 0 aliphatic rings. The first kappa shape index (κ1) is 94.1. The zero-order chi connectivity index (χ0) is 70.5. The second-order valence-corrected chi connectivity index (χ2v) is 31.1. The molecule has 0 radical (unpaired) electrons. The van der Waals surface area contributed by atoms with Crippen molar-refractivity contribution in [3.63, 3.8) is 0 Å². The Hall–Kier alpha value is -1.94. The van der Waals surface area contributed by atoms with Crippen molar-refractivity contribution in [1.29, 1.82) is 0 Å². The van der Waals surface area contributed by atoms with Crippen LogP contribution in [0.5, 0.6) is 0 Å². The quantitative estimate of drug-likeness (QED) is 0.0222. The van der Waals surface area contributed by atoms with E-state index in [1.807, 2.05) is 0 Å². The van der Waals surface area contributed by atoms with Crippen molar-refractivity contribution in [2.45, 2.75) is 425 Å². The van der Waals surface area contributed by atoms with Gasteiger partial charge in [-0.25, -0.2) is 9.13 Å². The van der Waals surface area contributed by atoms with E-state index in [1.165, 1.54) is 231 Å². The largest absolute Gasteiger partial charge is 0.472 e. The predicted octanol–water partition coefficient (Wildman–Crippen LogP) is 22.9. The summed E-state index contributed by atoms with van der Waals surface area (Å²) in [5, 5.41) is 10.6. The van der Waals surface area contributed by atoms with E-state index in [9.17, 15) is 43.2 Å². The molecular formula is C77H150O17P2. The second kappa shape index (κ2) is 70.1. The van der Waals surface area contributed by atoms with Gasteiger partial charge in [0.2, 0.25) is 0 Å². The minimum Gasteiger partial charge on any atom is -0.462 e. The normalized spacial score (nSPS) is 13.9. The maximum absolute atomic E-state index is 13.1. The van der Waals surface area contributed by atoms with Crippen molar-refractivity contribution in [2.75, 3.05) is 39.6 Å². The van der Waals surface area contributed by atoms with Gasteiger partial charge >= 0.3 is 39.5 Å². The van der Waals surface area contributed by atoms with E-state index in [2.05, 4.69) is 34.6 Å². The summed E-state index contributed by atoms with van der Waals surface area (Å²) in [5.41, 5.74) is 0. The number of unbranched alkanes of at least 4 members (excludes halogenated alkanes) is 49. The highest BCUT2D eigenvalue weighted by molar-refractivity contribution is 7.47. The summed E-state index contributed by atoms with van der Waals surface area (Å²) in [5.74, 6) is -1.33. The van der Waals surface area contributed by atoms with Crippen LogP contribution in [0.1, 0.15) is 407 Å². The van der Waals surface area contributed by atoms with E-state index in [-0.39, 0.29) is 25.7 Å². The molecule has 5 atom stereocenters. The van der Waals surface area contributed by atoms with Crippen molar-refractivity contribution >= 4 is 39.5 Å². The molecule has 0 saturated heterocycles. The van der Waals surface area contributed by atoms with Crippen LogP contribution in [0.4, 0.5) is 0 Å². The number of carbonyl (C=O) groups is 4. The van der Waals surface area contributed by atoms with Crippen LogP contribution in [-0.2, 0) is 65.4 Å². The Balaban J connectivity index is 5.24. The predicted molar refractivity (Wildman–Crippen MR) is 391 cm³/mol. The number of aliphatic hydroxyl groups excluding tert-OH is 1. The molecule has 0 bridgehead atoms. The third-order valence-electron chi connectivity index (χ3n) is 18.0. The molecule has 0 fully saturated rings. The van der Waals surface area contributed by atoms with Gasteiger partial charge in [-0.2, -0.15) is 0 Å². The number of aliphatic hydroxyl groups is 1. The molecule has 3 N–H and O–H groups in total. The van der Waals surface area contributed by atoms with Crippen LogP contribution in [0.2, 0.25) is 0 Å². The monoisotopic (exact) mass is 1410 g/mol. The van der Waals surface area contributed by atoms with Crippen molar-refractivity contribution < 1.29 is 80.2 Å². The summed E-state index contributed by atoms with van der Waals surface area (Å²) in [6.45, 7) is 7.31. The molecule has 0 spiro atoms. The van der Waals surface area contributed by atoms with Crippen LogP contribution >= 0.6 is 15.6 Å². The fraction of sp³-hybridized carbons (Fsp3) is 0.948. The smallest absolute Gasteiger partial charge is 0.462 e. The lowest BCUT2D eigenvalue weighted by atomic mass is 10.0. The molecule has 0 aromatic carbocycles. The molecule has 17 nitrogen and oxygen atoms in total. The first-order chi connectivity index (χ1) is 46.5. The molecular weight excluding hydrogens is 1260 g/mol. The van der Waals surface area contributed by atoms with Crippen LogP contribution in [0.15, 0.2) is 0 Å². The Labute approximate surface area is 588 Å². The summed E-state index contributed by atoms with van der Waals surface area (Å²) >= 11 is 0. The number of carbonyl (C=O) groups excluding carboxylic acids is 4. The second-order valence-electron chi connectivity index (χ2n) is 28.2. The lowest BCUT2D eigenvalue weighted by Gasteiger charge is -2.21. The fourth-order valence-electron chi connectivity index (χ4n) is 11.9. The van der Waals surface area contributed by atoms with Crippen molar-refractivity contribution in [2.24, 2.45) is 5.92 Å². The minimum atomic E-state index is -4.96. The SMILES string of the molecule is CCCCCCCCCCCCCCCCCCCCC(=O)O[C@H](COC(=O)CCCCCCCCCCCCCCC(C)C)COP(=O)(O)OC[C@@H](O)COP(=O)(O)OC[C@@H](COC(=O)CCCCCCCCCCCC)OC(=O)CCCCCCCCCCCCCCC. The van der Waals surface area contributed by atoms with Crippen molar-refractivity contribution in [1.82, 2.24) is 0 Å². The van der Waals surface area contributed by atoms with Crippen molar-refractivity contribution in [3.8, 4) is 0 Å². The Morgan fingerprint density at radius 3 is 0.708 bits per heavy atom. The van der Waals surface area contributed by atoms with Gasteiger partial charge in [0.1, 0.15) is 19.3 Å².